The lowest BCUT2D eigenvalue weighted by molar-refractivity contribution is 0.0564. The Morgan fingerprint density at radius 1 is 1.12 bits per heavy atom. The van der Waals surface area contributed by atoms with E-state index in [0.717, 1.165) is 31.6 Å². The highest BCUT2D eigenvalue weighted by Gasteiger charge is 2.22. The third-order valence-corrected chi connectivity index (χ3v) is 5.06. The number of nitrogens with one attached hydrogen (secondary N) is 1. The van der Waals surface area contributed by atoms with Crippen LogP contribution in [0, 0.1) is 5.92 Å². The molecule has 0 saturated carbocycles. The molecule has 6 heteroatoms. The molecule has 138 valence electrons. The summed E-state index contributed by atoms with van der Waals surface area (Å²) in [5.74, 6) is 0.438. The lowest BCUT2D eigenvalue weighted by Gasteiger charge is -2.30. The first-order valence-corrected chi connectivity index (χ1v) is 9.50. The van der Waals surface area contributed by atoms with Crippen molar-refractivity contribution in [2.24, 2.45) is 5.92 Å². The van der Waals surface area contributed by atoms with Crippen LogP contribution in [-0.2, 0) is 11.3 Å². The van der Waals surface area contributed by atoms with Gasteiger partial charge in [0.1, 0.15) is 0 Å². The molecule has 1 aliphatic rings. The number of anilines is 1. The maximum Gasteiger partial charge on any atom is 0.322 e. The summed E-state index contributed by atoms with van der Waals surface area (Å²) in [6.45, 7) is 2.74. The van der Waals surface area contributed by atoms with E-state index in [9.17, 15) is 4.79 Å². The Labute approximate surface area is 164 Å². The van der Waals surface area contributed by atoms with Crippen molar-refractivity contribution in [1.29, 1.82) is 0 Å². The van der Waals surface area contributed by atoms with Crippen LogP contribution in [0.2, 0.25) is 10.0 Å². The standard InChI is InChI=1S/C20H22Cl2N2O2/c21-17-6-7-18(22)19(12-17)23-20(25)24(13-15-4-2-1-3-5-15)14-16-8-10-26-11-9-16/h1-7,12,16H,8-11,13-14H2,(H,23,25). The fraction of sp³-hybridized carbons (Fsp3) is 0.350. The SMILES string of the molecule is O=C(Nc1cc(Cl)ccc1Cl)N(Cc1ccccc1)CC1CCOCC1. The average molecular weight is 393 g/mol. The van der Waals surface area contributed by atoms with Gasteiger partial charge in [0.05, 0.1) is 10.7 Å². The van der Waals surface area contributed by atoms with E-state index in [-0.39, 0.29) is 6.03 Å². The molecule has 0 radical (unpaired) electrons. The van der Waals surface area contributed by atoms with E-state index in [4.69, 9.17) is 27.9 Å². The van der Waals surface area contributed by atoms with Gasteiger partial charge in [0.15, 0.2) is 0 Å². The van der Waals surface area contributed by atoms with E-state index in [1.54, 1.807) is 18.2 Å². The number of benzene rings is 2. The van der Waals surface area contributed by atoms with Crippen LogP contribution >= 0.6 is 23.2 Å². The van der Waals surface area contributed by atoms with Crippen LogP contribution < -0.4 is 5.32 Å². The molecule has 1 saturated heterocycles. The molecule has 1 N–H and O–H groups in total. The molecule has 0 aromatic heterocycles. The van der Waals surface area contributed by atoms with Crippen LogP contribution in [0.4, 0.5) is 10.5 Å². The van der Waals surface area contributed by atoms with E-state index in [2.05, 4.69) is 5.32 Å². The number of carbonyl (C=O) groups is 1. The summed E-state index contributed by atoms with van der Waals surface area (Å²) in [6.07, 6.45) is 1.94. The molecule has 0 aliphatic carbocycles. The van der Waals surface area contributed by atoms with E-state index in [1.165, 1.54) is 0 Å². The molecule has 1 heterocycles. The second-order valence-electron chi connectivity index (χ2n) is 6.48. The van der Waals surface area contributed by atoms with Gasteiger partial charge in [0, 0.05) is 31.3 Å². The van der Waals surface area contributed by atoms with Gasteiger partial charge < -0.3 is 15.0 Å². The zero-order valence-electron chi connectivity index (χ0n) is 14.5. The summed E-state index contributed by atoms with van der Waals surface area (Å²) in [7, 11) is 0. The van der Waals surface area contributed by atoms with Crippen molar-refractivity contribution in [3.8, 4) is 0 Å². The van der Waals surface area contributed by atoms with Crippen LogP contribution in [-0.4, -0.2) is 30.7 Å². The molecule has 1 fully saturated rings. The summed E-state index contributed by atoms with van der Waals surface area (Å²) < 4.78 is 5.43. The van der Waals surface area contributed by atoms with Crippen molar-refractivity contribution in [3.05, 3.63) is 64.1 Å². The van der Waals surface area contributed by atoms with Gasteiger partial charge in [0.2, 0.25) is 0 Å². The molecule has 26 heavy (non-hydrogen) atoms. The van der Waals surface area contributed by atoms with Gasteiger partial charge in [0.25, 0.3) is 0 Å². The van der Waals surface area contributed by atoms with Gasteiger partial charge in [-0.05, 0) is 42.5 Å². The van der Waals surface area contributed by atoms with Gasteiger partial charge in [-0.1, -0.05) is 53.5 Å². The average Bonchev–Trinajstić information content (AvgIpc) is 2.66. The second-order valence-corrected chi connectivity index (χ2v) is 7.32. The van der Waals surface area contributed by atoms with Gasteiger partial charge in [-0.25, -0.2) is 4.79 Å². The topological polar surface area (TPSA) is 41.6 Å². The van der Waals surface area contributed by atoms with Crippen molar-refractivity contribution in [1.82, 2.24) is 4.90 Å². The van der Waals surface area contributed by atoms with Crippen molar-refractivity contribution < 1.29 is 9.53 Å². The molecule has 0 atom stereocenters. The van der Waals surface area contributed by atoms with Crippen LogP contribution in [0.25, 0.3) is 0 Å². The number of hydrogen-bond acceptors (Lipinski definition) is 2. The maximum atomic E-state index is 12.9. The lowest BCUT2D eigenvalue weighted by atomic mass is 9.99. The van der Waals surface area contributed by atoms with Crippen LogP contribution in [0.3, 0.4) is 0 Å². The third-order valence-electron chi connectivity index (χ3n) is 4.49. The Morgan fingerprint density at radius 2 is 1.85 bits per heavy atom. The number of hydrogen-bond donors (Lipinski definition) is 1. The minimum atomic E-state index is -0.176. The summed E-state index contributed by atoms with van der Waals surface area (Å²) in [6, 6.07) is 14.8. The monoisotopic (exact) mass is 392 g/mol. The number of amides is 2. The maximum absolute atomic E-state index is 12.9. The third kappa shape index (κ3) is 5.37. The van der Waals surface area contributed by atoms with Crippen molar-refractivity contribution in [2.45, 2.75) is 19.4 Å². The highest BCUT2D eigenvalue weighted by molar-refractivity contribution is 6.35. The highest BCUT2D eigenvalue weighted by Crippen LogP contribution is 2.26. The Kier molecular flexibility index (Phi) is 6.78. The fourth-order valence-electron chi connectivity index (χ4n) is 3.05. The number of carbonyl (C=O) groups excluding carboxylic acids is 1. The molecular weight excluding hydrogens is 371 g/mol. The van der Waals surface area contributed by atoms with Crippen LogP contribution in [0.1, 0.15) is 18.4 Å². The molecule has 1 aliphatic heterocycles. The Bertz CT molecular complexity index is 734. The molecule has 4 nitrogen and oxygen atoms in total. The lowest BCUT2D eigenvalue weighted by Crippen LogP contribution is -2.39. The summed E-state index contributed by atoms with van der Waals surface area (Å²) in [5, 5.41) is 3.90. The van der Waals surface area contributed by atoms with E-state index in [0.29, 0.717) is 34.7 Å². The molecule has 2 aromatic carbocycles. The molecule has 0 bridgehead atoms. The zero-order valence-corrected chi connectivity index (χ0v) is 16.0. The molecule has 0 spiro atoms. The first kappa shape index (κ1) is 19.0. The van der Waals surface area contributed by atoms with Crippen molar-refractivity contribution >= 4 is 34.9 Å². The Morgan fingerprint density at radius 3 is 2.58 bits per heavy atom. The number of rotatable bonds is 5. The van der Waals surface area contributed by atoms with Gasteiger partial charge in [-0.2, -0.15) is 0 Å². The van der Waals surface area contributed by atoms with Gasteiger partial charge >= 0.3 is 6.03 Å². The van der Waals surface area contributed by atoms with Gasteiger partial charge in [-0.15, -0.1) is 0 Å². The molecular formula is C20H22Cl2N2O2. The number of ether oxygens (including phenoxy) is 1. The van der Waals surface area contributed by atoms with Crippen molar-refractivity contribution in [2.75, 3.05) is 25.1 Å². The largest absolute Gasteiger partial charge is 0.381 e. The highest BCUT2D eigenvalue weighted by atomic mass is 35.5. The van der Waals surface area contributed by atoms with Crippen molar-refractivity contribution in [3.63, 3.8) is 0 Å². The molecule has 2 aromatic rings. The predicted octanol–water partition coefficient (Wildman–Crippen LogP) is 5.45. The number of urea groups is 1. The normalized spacial score (nSPS) is 14.8. The summed E-state index contributed by atoms with van der Waals surface area (Å²) in [4.78, 5) is 14.8. The quantitative estimate of drug-likeness (QED) is 0.734. The second kappa shape index (κ2) is 9.26. The first-order valence-electron chi connectivity index (χ1n) is 8.74. The fourth-order valence-corrected chi connectivity index (χ4v) is 3.39. The summed E-state index contributed by atoms with van der Waals surface area (Å²) >= 11 is 12.2. The Balaban J connectivity index is 1.74. The van der Waals surface area contributed by atoms with E-state index < -0.39 is 0 Å². The number of nitrogens with zero attached hydrogens (tertiary/aromatic N) is 1. The molecule has 0 unspecified atom stereocenters. The molecule has 2 amide bonds. The first-order chi connectivity index (χ1) is 12.6. The van der Waals surface area contributed by atoms with Crippen LogP contribution in [0.15, 0.2) is 48.5 Å². The Hall–Kier alpha value is -1.75. The van der Waals surface area contributed by atoms with E-state index >= 15 is 0 Å². The molecule has 3 rings (SSSR count). The minimum Gasteiger partial charge on any atom is -0.381 e. The summed E-state index contributed by atoms with van der Waals surface area (Å²) in [5.41, 5.74) is 1.61. The smallest absolute Gasteiger partial charge is 0.322 e. The van der Waals surface area contributed by atoms with E-state index in [1.807, 2.05) is 35.2 Å². The number of halogens is 2. The zero-order chi connectivity index (χ0) is 18.4. The van der Waals surface area contributed by atoms with Gasteiger partial charge in [-0.3, -0.25) is 0 Å². The predicted molar refractivity (Wildman–Crippen MR) is 106 cm³/mol. The minimum absolute atomic E-state index is 0.176. The van der Waals surface area contributed by atoms with Crippen LogP contribution in [0.5, 0.6) is 0 Å².